The average molecular weight is 291 g/mol. The number of benzene rings is 1. The fourth-order valence-corrected chi connectivity index (χ4v) is 1.96. The van der Waals surface area contributed by atoms with Gasteiger partial charge in [-0.2, -0.15) is 0 Å². The summed E-state index contributed by atoms with van der Waals surface area (Å²) in [6, 6.07) is 3.61. The molecule has 0 amide bonds. The van der Waals surface area contributed by atoms with E-state index in [4.69, 9.17) is 5.11 Å². The molecular weight excluding hydrogens is 278 g/mol. The first-order chi connectivity index (χ1) is 9.90. The predicted molar refractivity (Wildman–Crippen MR) is 73.1 cm³/mol. The molecule has 110 valence electrons. The highest BCUT2D eigenvalue weighted by Gasteiger charge is 2.21. The van der Waals surface area contributed by atoms with Crippen molar-refractivity contribution >= 4 is 17.3 Å². The van der Waals surface area contributed by atoms with Gasteiger partial charge in [-0.3, -0.25) is 10.1 Å². The van der Waals surface area contributed by atoms with Gasteiger partial charge in [0, 0.05) is 18.8 Å². The third-order valence-electron chi connectivity index (χ3n) is 2.94. The van der Waals surface area contributed by atoms with Gasteiger partial charge in [0.15, 0.2) is 5.82 Å². The molecule has 1 heterocycles. The number of aryl methyl sites for hydroxylation is 1. The maximum Gasteiger partial charge on any atom is 0.342 e. The molecule has 9 nitrogen and oxygen atoms in total. The third kappa shape index (κ3) is 2.96. The number of nitrogens with zero attached hydrogens (tertiary/aromatic N) is 4. The Morgan fingerprint density at radius 2 is 2.24 bits per heavy atom. The quantitative estimate of drug-likeness (QED) is 0.633. The minimum absolute atomic E-state index is 0.236. The van der Waals surface area contributed by atoms with Crippen LogP contribution in [0.5, 0.6) is 0 Å². The van der Waals surface area contributed by atoms with Gasteiger partial charge in [-0.1, -0.05) is 0 Å². The number of rotatable bonds is 5. The van der Waals surface area contributed by atoms with Gasteiger partial charge in [-0.05, 0) is 19.1 Å². The van der Waals surface area contributed by atoms with Crippen molar-refractivity contribution < 1.29 is 14.8 Å². The standard InChI is InChI=1S/C12H13N5O4/c1-7(11-15-13-6-16(11)2)14-8-3-4-10(17(20)21)9(5-8)12(18)19/h3-7,14H,1-2H3,(H,18,19). The van der Waals surface area contributed by atoms with E-state index in [2.05, 4.69) is 15.5 Å². The minimum atomic E-state index is -1.35. The maximum absolute atomic E-state index is 11.1. The predicted octanol–water partition coefficient (Wildman–Crippen LogP) is 1.59. The first-order valence-corrected chi connectivity index (χ1v) is 6.02. The molecule has 0 saturated heterocycles. The molecule has 0 spiro atoms. The molecular formula is C12H13N5O4. The topological polar surface area (TPSA) is 123 Å². The van der Waals surface area contributed by atoms with Crippen LogP contribution in [-0.4, -0.2) is 30.8 Å². The van der Waals surface area contributed by atoms with Gasteiger partial charge in [-0.15, -0.1) is 10.2 Å². The number of hydrogen-bond donors (Lipinski definition) is 2. The summed E-state index contributed by atoms with van der Waals surface area (Å²) < 4.78 is 1.72. The highest BCUT2D eigenvalue weighted by atomic mass is 16.6. The maximum atomic E-state index is 11.1. The number of nitrogens with one attached hydrogen (secondary N) is 1. The molecule has 0 bridgehead atoms. The van der Waals surface area contributed by atoms with E-state index in [0.29, 0.717) is 11.5 Å². The van der Waals surface area contributed by atoms with E-state index >= 15 is 0 Å². The Bertz CT molecular complexity index is 697. The highest BCUT2D eigenvalue weighted by molar-refractivity contribution is 5.93. The Morgan fingerprint density at radius 1 is 1.52 bits per heavy atom. The van der Waals surface area contributed by atoms with E-state index in [0.717, 1.165) is 6.07 Å². The van der Waals surface area contributed by atoms with E-state index < -0.39 is 16.6 Å². The molecule has 0 aliphatic rings. The number of hydrogen-bond acceptors (Lipinski definition) is 6. The second kappa shape index (κ2) is 5.57. The van der Waals surface area contributed by atoms with Crippen LogP contribution in [0.3, 0.4) is 0 Å². The van der Waals surface area contributed by atoms with E-state index in [1.54, 1.807) is 17.9 Å². The van der Waals surface area contributed by atoms with Crippen LogP contribution in [0.25, 0.3) is 0 Å². The first kappa shape index (κ1) is 14.4. The van der Waals surface area contributed by atoms with Crippen molar-refractivity contribution in [3.63, 3.8) is 0 Å². The summed E-state index contributed by atoms with van der Waals surface area (Å²) in [6.07, 6.45) is 1.55. The van der Waals surface area contributed by atoms with E-state index in [9.17, 15) is 14.9 Å². The lowest BCUT2D eigenvalue weighted by molar-refractivity contribution is -0.385. The summed E-state index contributed by atoms with van der Waals surface area (Å²) in [4.78, 5) is 21.2. The fourth-order valence-electron chi connectivity index (χ4n) is 1.96. The van der Waals surface area contributed by atoms with Gasteiger partial charge in [-0.25, -0.2) is 4.79 Å². The fraction of sp³-hybridized carbons (Fsp3) is 0.250. The lowest BCUT2D eigenvalue weighted by Crippen LogP contribution is -2.12. The second-order valence-corrected chi connectivity index (χ2v) is 4.46. The number of nitro groups is 1. The Morgan fingerprint density at radius 3 is 2.76 bits per heavy atom. The number of carboxylic acids is 1. The SMILES string of the molecule is CC(Nc1ccc([N+](=O)[O-])c(C(=O)O)c1)c1nncn1C. The van der Waals surface area contributed by atoms with Crippen LogP contribution in [0.2, 0.25) is 0 Å². The number of carboxylic acid groups (broad SMARTS) is 1. The molecule has 0 radical (unpaired) electrons. The average Bonchev–Trinajstić information content (AvgIpc) is 2.84. The van der Waals surface area contributed by atoms with Crippen molar-refractivity contribution in [2.45, 2.75) is 13.0 Å². The Balaban J connectivity index is 2.29. The number of nitro benzene ring substituents is 1. The zero-order valence-corrected chi connectivity index (χ0v) is 11.3. The van der Waals surface area contributed by atoms with Crippen LogP contribution in [0, 0.1) is 10.1 Å². The molecule has 0 aliphatic carbocycles. The lowest BCUT2D eigenvalue weighted by Gasteiger charge is -2.14. The molecule has 2 N–H and O–H groups in total. The minimum Gasteiger partial charge on any atom is -0.477 e. The molecule has 0 saturated carbocycles. The van der Waals surface area contributed by atoms with E-state index in [-0.39, 0.29) is 11.6 Å². The Kier molecular flexibility index (Phi) is 3.83. The molecule has 21 heavy (non-hydrogen) atoms. The largest absolute Gasteiger partial charge is 0.477 e. The second-order valence-electron chi connectivity index (χ2n) is 4.46. The molecule has 1 aromatic carbocycles. The molecule has 0 fully saturated rings. The monoisotopic (exact) mass is 291 g/mol. The third-order valence-corrected chi connectivity index (χ3v) is 2.94. The molecule has 1 atom stereocenters. The van der Waals surface area contributed by atoms with Gasteiger partial charge in [0.2, 0.25) is 0 Å². The van der Waals surface area contributed by atoms with Gasteiger partial charge in [0.1, 0.15) is 11.9 Å². The van der Waals surface area contributed by atoms with Crippen LogP contribution in [0.4, 0.5) is 11.4 Å². The van der Waals surface area contributed by atoms with Crippen molar-refractivity contribution in [2.75, 3.05) is 5.32 Å². The number of aromatic carboxylic acids is 1. The Labute approximate surface area is 119 Å². The Hall–Kier alpha value is -2.97. The van der Waals surface area contributed by atoms with Crippen molar-refractivity contribution in [1.82, 2.24) is 14.8 Å². The highest BCUT2D eigenvalue weighted by Crippen LogP contribution is 2.25. The number of anilines is 1. The van der Waals surface area contributed by atoms with Gasteiger partial charge < -0.3 is 15.0 Å². The van der Waals surface area contributed by atoms with E-state index in [1.807, 2.05) is 6.92 Å². The normalized spacial score (nSPS) is 11.9. The summed E-state index contributed by atoms with van der Waals surface area (Å²) in [5.41, 5.74) is -0.358. The van der Waals surface area contributed by atoms with Crippen molar-refractivity contribution in [1.29, 1.82) is 0 Å². The lowest BCUT2D eigenvalue weighted by atomic mass is 10.1. The number of carbonyl (C=O) groups is 1. The summed E-state index contributed by atoms with van der Waals surface area (Å²) in [5.74, 6) is -0.693. The van der Waals surface area contributed by atoms with Gasteiger partial charge in [0.25, 0.3) is 5.69 Å². The first-order valence-electron chi connectivity index (χ1n) is 6.02. The van der Waals surface area contributed by atoms with Gasteiger partial charge >= 0.3 is 5.97 Å². The smallest absolute Gasteiger partial charge is 0.342 e. The zero-order chi connectivity index (χ0) is 15.6. The summed E-state index contributed by atoms with van der Waals surface area (Å²) in [7, 11) is 1.78. The molecule has 9 heteroatoms. The molecule has 2 rings (SSSR count). The van der Waals surface area contributed by atoms with E-state index in [1.165, 1.54) is 12.1 Å². The number of aromatic nitrogens is 3. The zero-order valence-electron chi connectivity index (χ0n) is 11.3. The molecule has 2 aromatic rings. The van der Waals surface area contributed by atoms with Crippen LogP contribution in [0.15, 0.2) is 24.5 Å². The molecule has 0 aliphatic heterocycles. The van der Waals surface area contributed by atoms with Crippen LogP contribution >= 0.6 is 0 Å². The van der Waals surface area contributed by atoms with Crippen LogP contribution in [0.1, 0.15) is 29.1 Å². The summed E-state index contributed by atoms with van der Waals surface area (Å²) in [6.45, 7) is 1.83. The van der Waals surface area contributed by atoms with Crippen molar-refractivity contribution in [3.8, 4) is 0 Å². The van der Waals surface area contributed by atoms with Crippen LogP contribution < -0.4 is 5.32 Å². The van der Waals surface area contributed by atoms with Crippen molar-refractivity contribution in [2.24, 2.45) is 7.05 Å². The molecule has 1 aromatic heterocycles. The molecule has 1 unspecified atom stereocenters. The van der Waals surface area contributed by atoms with Gasteiger partial charge in [0.05, 0.1) is 11.0 Å². The van der Waals surface area contributed by atoms with Crippen molar-refractivity contribution in [3.05, 3.63) is 46.0 Å². The summed E-state index contributed by atoms with van der Waals surface area (Å²) >= 11 is 0. The summed E-state index contributed by atoms with van der Waals surface area (Å²) in [5, 5.41) is 30.6. The van der Waals surface area contributed by atoms with Crippen LogP contribution in [-0.2, 0) is 7.05 Å².